The summed E-state index contributed by atoms with van der Waals surface area (Å²) in [7, 11) is 1.63. The van der Waals surface area contributed by atoms with Crippen molar-refractivity contribution in [2.24, 2.45) is 0 Å². The minimum Gasteiger partial charge on any atom is -0.497 e. The van der Waals surface area contributed by atoms with Gasteiger partial charge in [-0.1, -0.05) is 18.2 Å². The zero-order valence-corrected chi connectivity index (χ0v) is 11.0. The van der Waals surface area contributed by atoms with Crippen molar-refractivity contribution in [2.45, 2.75) is 0 Å². The summed E-state index contributed by atoms with van der Waals surface area (Å²) in [6.07, 6.45) is 0. The van der Waals surface area contributed by atoms with Gasteiger partial charge < -0.3 is 9.84 Å². The molecular weight excluding hydrogens is 252 g/mol. The second-order valence-electron chi connectivity index (χ2n) is 4.36. The second kappa shape index (κ2) is 5.09. The molecule has 3 rings (SSSR count). The van der Waals surface area contributed by atoms with E-state index in [-0.39, 0.29) is 5.88 Å². The Morgan fingerprint density at radius 2 is 1.70 bits per heavy atom. The van der Waals surface area contributed by atoms with Gasteiger partial charge in [-0.15, -0.1) is 5.10 Å². The molecule has 0 spiro atoms. The molecule has 2 aromatic carbocycles. The van der Waals surface area contributed by atoms with Gasteiger partial charge in [-0.2, -0.15) is 0 Å². The Kier molecular flexibility index (Phi) is 3.13. The summed E-state index contributed by atoms with van der Waals surface area (Å²) in [5, 5.41) is 13.8. The number of hydrogen-bond acceptors (Lipinski definition) is 3. The number of rotatable bonds is 3. The van der Waals surface area contributed by atoms with Gasteiger partial charge in [-0.05, 0) is 36.4 Å². The van der Waals surface area contributed by atoms with E-state index in [0.717, 1.165) is 22.7 Å². The Balaban J connectivity index is 2.09. The molecule has 0 amide bonds. The van der Waals surface area contributed by atoms with Gasteiger partial charge in [0.15, 0.2) is 0 Å². The van der Waals surface area contributed by atoms with Crippen molar-refractivity contribution in [3.05, 3.63) is 60.7 Å². The molecule has 0 saturated heterocycles. The number of para-hydroxylation sites is 1. The standard InChI is InChI=1S/C16H14N2O2/c1-20-14-9-7-12(8-10-14)15-11-16(19)17-18(15)13-5-3-2-4-6-13/h2-11H,1H3,(H,17,19). The summed E-state index contributed by atoms with van der Waals surface area (Å²) in [5.41, 5.74) is 2.69. The summed E-state index contributed by atoms with van der Waals surface area (Å²) in [5.74, 6) is 0.795. The van der Waals surface area contributed by atoms with E-state index in [1.165, 1.54) is 0 Å². The summed E-state index contributed by atoms with van der Waals surface area (Å²) >= 11 is 0. The fourth-order valence-corrected chi connectivity index (χ4v) is 2.10. The van der Waals surface area contributed by atoms with Crippen LogP contribution in [0.5, 0.6) is 11.6 Å². The minimum absolute atomic E-state index is 0.000305. The first-order valence-electron chi connectivity index (χ1n) is 6.27. The fourth-order valence-electron chi connectivity index (χ4n) is 2.10. The molecule has 3 aromatic rings. The van der Waals surface area contributed by atoms with Gasteiger partial charge in [0.05, 0.1) is 18.5 Å². The van der Waals surface area contributed by atoms with E-state index < -0.39 is 0 Å². The number of hydrogen-bond donors (Lipinski definition) is 1. The third kappa shape index (κ3) is 2.23. The van der Waals surface area contributed by atoms with Gasteiger partial charge >= 0.3 is 0 Å². The lowest BCUT2D eigenvalue weighted by atomic mass is 10.1. The van der Waals surface area contributed by atoms with Crippen molar-refractivity contribution in [1.29, 1.82) is 0 Å². The van der Waals surface area contributed by atoms with Crippen LogP contribution in [0, 0.1) is 0 Å². The number of methoxy groups -OCH3 is 1. The molecular formula is C16H14N2O2. The van der Waals surface area contributed by atoms with E-state index in [1.54, 1.807) is 17.9 Å². The molecule has 0 unspecified atom stereocenters. The van der Waals surface area contributed by atoms with E-state index in [4.69, 9.17) is 4.74 Å². The predicted octanol–water partition coefficient (Wildman–Crippen LogP) is 3.25. The molecule has 0 aliphatic carbocycles. The highest BCUT2D eigenvalue weighted by molar-refractivity contribution is 5.64. The average Bonchev–Trinajstić information content (AvgIpc) is 2.90. The summed E-state index contributed by atoms with van der Waals surface area (Å²) in [6, 6.07) is 19.0. The van der Waals surface area contributed by atoms with Crippen molar-refractivity contribution < 1.29 is 9.84 Å². The maximum Gasteiger partial charge on any atom is 0.231 e. The van der Waals surface area contributed by atoms with Gasteiger partial charge in [0.1, 0.15) is 5.75 Å². The highest BCUT2D eigenvalue weighted by atomic mass is 16.5. The lowest BCUT2D eigenvalue weighted by molar-refractivity contribution is 0.415. The predicted molar refractivity (Wildman–Crippen MR) is 77.2 cm³/mol. The number of nitrogens with zero attached hydrogens (tertiary/aromatic N) is 2. The number of benzene rings is 2. The van der Waals surface area contributed by atoms with Gasteiger partial charge in [0.2, 0.25) is 5.88 Å². The topological polar surface area (TPSA) is 47.3 Å². The van der Waals surface area contributed by atoms with Crippen LogP contribution in [0.25, 0.3) is 16.9 Å². The van der Waals surface area contributed by atoms with Crippen LogP contribution in [-0.4, -0.2) is 22.0 Å². The van der Waals surface area contributed by atoms with Crippen LogP contribution in [0.15, 0.2) is 60.7 Å². The van der Waals surface area contributed by atoms with Crippen molar-refractivity contribution in [2.75, 3.05) is 7.11 Å². The second-order valence-corrected chi connectivity index (χ2v) is 4.36. The fraction of sp³-hybridized carbons (Fsp3) is 0.0625. The molecule has 0 aliphatic heterocycles. The van der Waals surface area contributed by atoms with Crippen LogP contribution < -0.4 is 4.74 Å². The molecule has 100 valence electrons. The normalized spacial score (nSPS) is 10.4. The summed E-state index contributed by atoms with van der Waals surface area (Å²) in [4.78, 5) is 0. The molecule has 4 heteroatoms. The first-order valence-corrected chi connectivity index (χ1v) is 6.27. The highest BCUT2D eigenvalue weighted by Gasteiger charge is 2.11. The molecule has 1 aromatic heterocycles. The number of aromatic nitrogens is 2. The van der Waals surface area contributed by atoms with Gasteiger partial charge in [0, 0.05) is 11.6 Å². The summed E-state index contributed by atoms with van der Waals surface area (Å²) < 4.78 is 6.87. The van der Waals surface area contributed by atoms with Crippen LogP contribution in [0.1, 0.15) is 0 Å². The molecule has 1 N–H and O–H groups in total. The Morgan fingerprint density at radius 1 is 1.00 bits per heavy atom. The lowest BCUT2D eigenvalue weighted by Gasteiger charge is -2.07. The lowest BCUT2D eigenvalue weighted by Crippen LogP contribution is -1.98. The SMILES string of the molecule is COc1ccc(-c2cc(O)nn2-c2ccccc2)cc1. The maximum absolute atomic E-state index is 9.70. The molecule has 0 radical (unpaired) electrons. The molecule has 0 fully saturated rings. The molecule has 1 heterocycles. The van der Waals surface area contributed by atoms with Gasteiger partial charge in [0.25, 0.3) is 0 Å². The van der Waals surface area contributed by atoms with Crippen LogP contribution in [0.2, 0.25) is 0 Å². The van der Waals surface area contributed by atoms with Crippen LogP contribution in [0.3, 0.4) is 0 Å². The van der Waals surface area contributed by atoms with Crippen molar-refractivity contribution in [3.63, 3.8) is 0 Å². The Labute approximate surface area is 116 Å². The molecule has 0 saturated carbocycles. The van der Waals surface area contributed by atoms with Gasteiger partial charge in [-0.25, -0.2) is 4.68 Å². The Bertz CT molecular complexity index is 703. The molecule has 0 bridgehead atoms. The molecule has 0 atom stereocenters. The monoisotopic (exact) mass is 266 g/mol. The summed E-state index contributed by atoms with van der Waals surface area (Å²) in [6.45, 7) is 0. The van der Waals surface area contributed by atoms with E-state index >= 15 is 0 Å². The highest BCUT2D eigenvalue weighted by Crippen LogP contribution is 2.27. The first-order chi connectivity index (χ1) is 9.78. The molecule has 4 nitrogen and oxygen atoms in total. The van der Waals surface area contributed by atoms with E-state index in [9.17, 15) is 5.11 Å². The zero-order valence-electron chi connectivity index (χ0n) is 11.0. The third-order valence-corrected chi connectivity index (χ3v) is 3.08. The molecule has 0 aliphatic rings. The van der Waals surface area contributed by atoms with E-state index in [0.29, 0.717) is 0 Å². The Hall–Kier alpha value is -2.75. The largest absolute Gasteiger partial charge is 0.497 e. The third-order valence-electron chi connectivity index (χ3n) is 3.08. The average molecular weight is 266 g/mol. The maximum atomic E-state index is 9.70. The number of aromatic hydroxyl groups is 1. The van der Waals surface area contributed by atoms with E-state index in [2.05, 4.69) is 5.10 Å². The van der Waals surface area contributed by atoms with Crippen LogP contribution in [0.4, 0.5) is 0 Å². The smallest absolute Gasteiger partial charge is 0.231 e. The van der Waals surface area contributed by atoms with Crippen LogP contribution >= 0.6 is 0 Å². The van der Waals surface area contributed by atoms with Crippen LogP contribution in [-0.2, 0) is 0 Å². The van der Waals surface area contributed by atoms with Crippen molar-refractivity contribution in [1.82, 2.24) is 9.78 Å². The van der Waals surface area contributed by atoms with Gasteiger partial charge in [-0.3, -0.25) is 0 Å². The Morgan fingerprint density at radius 3 is 2.35 bits per heavy atom. The first kappa shape index (κ1) is 12.3. The van der Waals surface area contributed by atoms with E-state index in [1.807, 2.05) is 54.6 Å². The zero-order chi connectivity index (χ0) is 13.9. The number of ether oxygens (including phenoxy) is 1. The quantitative estimate of drug-likeness (QED) is 0.791. The molecule has 20 heavy (non-hydrogen) atoms. The van der Waals surface area contributed by atoms with Crippen molar-refractivity contribution in [3.8, 4) is 28.6 Å². The minimum atomic E-state index is -0.000305. The van der Waals surface area contributed by atoms with Crippen molar-refractivity contribution >= 4 is 0 Å².